The molecule has 0 bridgehead atoms. The third kappa shape index (κ3) is 2.75. The van der Waals surface area contributed by atoms with Gasteiger partial charge in [-0.1, -0.05) is 31.2 Å². The third-order valence-corrected chi connectivity index (χ3v) is 2.60. The van der Waals surface area contributed by atoms with Gasteiger partial charge in [0.15, 0.2) is 0 Å². The number of allylic oxidation sites excluding steroid dienone is 4. The molecule has 0 spiro atoms. The van der Waals surface area contributed by atoms with E-state index in [-0.39, 0.29) is 0 Å². The van der Waals surface area contributed by atoms with E-state index in [0.717, 1.165) is 18.1 Å². The number of aromatic nitrogens is 1. The molecule has 0 saturated heterocycles. The Morgan fingerprint density at radius 1 is 1.29 bits per heavy atom. The highest BCUT2D eigenvalue weighted by Crippen LogP contribution is 2.29. The van der Waals surface area contributed by atoms with Crippen LogP contribution in [0, 0.1) is 5.92 Å². The molecule has 0 saturated carbocycles. The lowest BCUT2D eigenvalue weighted by Gasteiger charge is -2.13. The monoisotopic (exact) mass is 239 g/mol. The lowest BCUT2D eigenvalue weighted by atomic mass is 9.96. The summed E-state index contributed by atoms with van der Waals surface area (Å²) in [5.74, 6) is 0.339. The van der Waals surface area contributed by atoms with E-state index in [1.54, 1.807) is 6.07 Å². The van der Waals surface area contributed by atoms with Gasteiger partial charge in [0.05, 0.1) is 5.69 Å². The Balaban J connectivity index is 2.37. The Labute approximate surface area is 97.7 Å². The molecule has 1 aromatic rings. The van der Waals surface area contributed by atoms with Crippen LogP contribution in [0.4, 0.5) is 13.2 Å². The highest BCUT2D eigenvalue weighted by molar-refractivity contribution is 5.72. The van der Waals surface area contributed by atoms with Crippen molar-refractivity contribution < 1.29 is 13.2 Å². The minimum Gasteiger partial charge on any atom is -0.243 e. The van der Waals surface area contributed by atoms with Gasteiger partial charge >= 0.3 is 6.18 Å². The number of hydrogen-bond donors (Lipinski definition) is 0. The summed E-state index contributed by atoms with van der Waals surface area (Å²) in [4.78, 5) is 3.66. The average molecular weight is 239 g/mol. The number of rotatable bonds is 1. The van der Waals surface area contributed by atoms with Crippen molar-refractivity contribution in [1.82, 2.24) is 4.98 Å². The first-order chi connectivity index (χ1) is 7.97. The first-order valence-corrected chi connectivity index (χ1v) is 5.40. The van der Waals surface area contributed by atoms with Crippen molar-refractivity contribution in [2.24, 2.45) is 5.92 Å². The van der Waals surface area contributed by atoms with Crippen LogP contribution in [0.1, 0.15) is 24.7 Å². The van der Waals surface area contributed by atoms with Gasteiger partial charge in [-0.2, -0.15) is 13.2 Å². The van der Waals surface area contributed by atoms with Crippen LogP contribution in [0.15, 0.2) is 36.4 Å². The number of hydrogen-bond acceptors (Lipinski definition) is 1. The fraction of sp³-hybridized carbons (Fsp3) is 0.308. The van der Waals surface area contributed by atoms with Gasteiger partial charge in [0.25, 0.3) is 0 Å². The zero-order valence-electron chi connectivity index (χ0n) is 9.33. The molecule has 4 heteroatoms. The number of alkyl halides is 3. The maximum atomic E-state index is 12.5. The molecule has 0 radical (unpaired) electrons. The van der Waals surface area contributed by atoms with Gasteiger partial charge in [-0.3, -0.25) is 0 Å². The summed E-state index contributed by atoms with van der Waals surface area (Å²) in [6.45, 7) is 2.02. The fourth-order valence-electron chi connectivity index (χ4n) is 1.76. The molecule has 0 fully saturated rings. The maximum Gasteiger partial charge on any atom is 0.433 e. The molecule has 1 atom stereocenters. The van der Waals surface area contributed by atoms with Crippen LogP contribution in [-0.4, -0.2) is 4.98 Å². The SMILES string of the molecule is CC1C=C(c2cccc(C(F)(F)F)n2)C=CC1. The predicted molar refractivity (Wildman–Crippen MR) is 60.1 cm³/mol. The van der Waals surface area contributed by atoms with Crippen molar-refractivity contribution in [3.05, 3.63) is 47.8 Å². The van der Waals surface area contributed by atoms with Crippen LogP contribution in [0.2, 0.25) is 0 Å². The maximum absolute atomic E-state index is 12.5. The molecule has 0 N–H and O–H groups in total. The largest absolute Gasteiger partial charge is 0.433 e. The van der Waals surface area contributed by atoms with Crippen LogP contribution in [-0.2, 0) is 6.18 Å². The number of halogens is 3. The lowest BCUT2D eigenvalue weighted by Crippen LogP contribution is -2.09. The smallest absolute Gasteiger partial charge is 0.243 e. The van der Waals surface area contributed by atoms with E-state index in [0.29, 0.717) is 11.6 Å². The third-order valence-electron chi connectivity index (χ3n) is 2.60. The molecule has 1 heterocycles. The highest BCUT2D eigenvalue weighted by atomic mass is 19.4. The number of nitrogens with zero attached hydrogens (tertiary/aromatic N) is 1. The lowest BCUT2D eigenvalue weighted by molar-refractivity contribution is -0.141. The van der Waals surface area contributed by atoms with Crippen molar-refractivity contribution in [1.29, 1.82) is 0 Å². The predicted octanol–water partition coefficient (Wildman–Crippen LogP) is 4.08. The molecule has 0 aliphatic heterocycles. The van der Waals surface area contributed by atoms with Gasteiger partial charge in [-0.25, -0.2) is 4.98 Å². The van der Waals surface area contributed by atoms with Crippen molar-refractivity contribution in [2.45, 2.75) is 19.5 Å². The van der Waals surface area contributed by atoms with E-state index in [2.05, 4.69) is 4.98 Å². The quantitative estimate of drug-likeness (QED) is 0.719. The minimum absolute atomic E-state index is 0.339. The molecule has 17 heavy (non-hydrogen) atoms. The molecule has 1 unspecified atom stereocenters. The topological polar surface area (TPSA) is 12.9 Å². The molecule has 1 nitrogen and oxygen atoms in total. The molecule has 0 aromatic carbocycles. The van der Waals surface area contributed by atoms with Gasteiger partial charge in [0.2, 0.25) is 0 Å². The van der Waals surface area contributed by atoms with Crippen molar-refractivity contribution in [2.75, 3.05) is 0 Å². The van der Waals surface area contributed by atoms with Gasteiger partial charge in [-0.15, -0.1) is 0 Å². The second kappa shape index (κ2) is 4.35. The van der Waals surface area contributed by atoms with E-state index in [9.17, 15) is 13.2 Å². The Morgan fingerprint density at radius 2 is 2.06 bits per heavy atom. The summed E-state index contributed by atoms with van der Waals surface area (Å²) < 4.78 is 37.5. The normalized spacial score (nSPS) is 20.2. The van der Waals surface area contributed by atoms with Gasteiger partial charge in [-0.05, 0) is 30.0 Å². The molecular formula is C13H12F3N. The first-order valence-electron chi connectivity index (χ1n) is 5.40. The highest BCUT2D eigenvalue weighted by Gasteiger charge is 2.32. The Kier molecular flexibility index (Phi) is 3.05. The molecule has 90 valence electrons. The second-order valence-corrected chi connectivity index (χ2v) is 4.14. The van der Waals surface area contributed by atoms with Crippen LogP contribution in [0.5, 0.6) is 0 Å². The van der Waals surface area contributed by atoms with E-state index in [1.807, 2.05) is 25.2 Å². The van der Waals surface area contributed by atoms with Crippen molar-refractivity contribution in [3.63, 3.8) is 0 Å². The zero-order chi connectivity index (χ0) is 12.5. The van der Waals surface area contributed by atoms with E-state index in [1.165, 1.54) is 6.07 Å². The standard InChI is InChI=1S/C13H12F3N/c1-9-4-2-5-10(8-9)11-6-3-7-12(17-11)13(14,15)16/h2-3,5-9H,4H2,1H3. The summed E-state index contributed by atoms with van der Waals surface area (Å²) >= 11 is 0. The molecule has 2 rings (SSSR count). The van der Waals surface area contributed by atoms with E-state index in [4.69, 9.17) is 0 Å². The fourth-order valence-corrected chi connectivity index (χ4v) is 1.76. The van der Waals surface area contributed by atoms with E-state index < -0.39 is 11.9 Å². The Hall–Kier alpha value is -1.58. The first kappa shape index (κ1) is 11.9. The van der Waals surface area contributed by atoms with Crippen molar-refractivity contribution in [3.8, 4) is 0 Å². The molecule has 1 aromatic heterocycles. The van der Waals surface area contributed by atoms with Crippen LogP contribution in [0.3, 0.4) is 0 Å². The molecule has 1 aliphatic rings. The summed E-state index contributed by atoms with van der Waals surface area (Å²) in [7, 11) is 0. The molecule has 1 aliphatic carbocycles. The Bertz CT molecular complexity index is 472. The minimum atomic E-state index is -4.39. The van der Waals surface area contributed by atoms with Crippen LogP contribution < -0.4 is 0 Å². The second-order valence-electron chi connectivity index (χ2n) is 4.14. The molecule has 0 amide bonds. The van der Waals surface area contributed by atoms with E-state index >= 15 is 0 Å². The summed E-state index contributed by atoms with van der Waals surface area (Å²) in [5, 5.41) is 0. The van der Waals surface area contributed by atoms with Crippen LogP contribution in [0.25, 0.3) is 5.57 Å². The number of pyridine rings is 1. The molecular weight excluding hydrogens is 227 g/mol. The summed E-state index contributed by atoms with van der Waals surface area (Å²) in [5.41, 5.74) is 0.292. The Morgan fingerprint density at radius 3 is 2.71 bits per heavy atom. The zero-order valence-corrected chi connectivity index (χ0v) is 9.33. The van der Waals surface area contributed by atoms with Gasteiger partial charge < -0.3 is 0 Å². The average Bonchev–Trinajstić information content (AvgIpc) is 2.28. The van der Waals surface area contributed by atoms with Crippen molar-refractivity contribution >= 4 is 5.57 Å². The summed E-state index contributed by atoms with van der Waals surface area (Å²) in [6.07, 6.45) is 2.26. The van der Waals surface area contributed by atoms with Gasteiger partial charge in [0.1, 0.15) is 5.69 Å². The summed E-state index contributed by atoms with van der Waals surface area (Å²) in [6, 6.07) is 3.97. The van der Waals surface area contributed by atoms with Crippen LogP contribution >= 0.6 is 0 Å². The van der Waals surface area contributed by atoms with Gasteiger partial charge in [0, 0.05) is 0 Å².